The topological polar surface area (TPSA) is 37.4 Å². The van der Waals surface area contributed by atoms with Crippen LogP contribution >= 0.6 is 0 Å². The van der Waals surface area contributed by atoms with Gasteiger partial charge in [0, 0.05) is 31.3 Å². The van der Waals surface area contributed by atoms with Crippen LogP contribution in [-0.4, -0.2) is 29.7 Å². The Kier molecular flexibility index (Phi) is 2.33. The van der Waals surface area contributed by atoms with Crippen molar-refractivity contribution in [2.45, 2.75) is 39.0 Å². The van der Waals surface area contributed by atoms with Crippen molar-refractivity contribution in [2.75, 3.05) is 13.1 Å². The molecule has 0 radical (unpaired) electrons. The molecule has 2 rings (SSSR count). The average molecular weight is 195 g/mol. The van der Waals surface area contributed by atoms with Gasteiger partial charge >= 0.3 is 0 Å². The van der Waals surface area contributed by atoms with Crippen molar-refractivity contribution >= 4 is 11.7 Å². The zero-order valence-corrected chi connectivity index (χ0v) is 8.71. The standard InChI is InChI=1S/C11H17NO2/c1-2-11(5-6-11)10(14)12-7-3-9(13)4-8-12/h2-8H2,1H3. The summed E-state index contributed by atoms with van der Waals surface area (Å²) in [5, 5.41) is 0. The zero-order valence-electron chi connectivity index (χ0n) is 8.71. The molecule has 0 aromatic carbocycles. The van der Waals surface area contributed by atoms with Crippen molar-refractivity contribution < 1.29 is 9.59 Å². The Labute approximate surface area is 84.5 Å². The molecule has 2 fully saturated rings. The fourth-order valence-corrected chi connectivity index (χ4v) is 2.16. The molecule has 3 heteroatoms. The number of nitrogens with zero attached hydrogens (tertiary/aromatic N) is 1. The van der Waals surface area contributed by atoms with Crippen molar-refractivity contribution in [3.05, 3.63) is 0 Å². The first-order valence-electron chi connectivity index (χ1n) is 5.49. The average Bonchev–Trinajstić information content (AvgIpc) is 2.99. The summed E-state index contributed by atoms with van der Waals surface area (Å²) in [6.07, 6.45) is 4.17. The molecule has 1 heterocycles. The van der Waals surface area contributed by atoms with Gasteiger partial charge in [-0.25, -0.2) is 0 Å². The number of rotatable bonds is 2. The van der Waals surface area contributed by atoms with E-state index in [1.807, 2.05) is 4.90 Å². The molecule has 3 nitrogen and oxygen atoms in total. The molecule has 1 saturated heterocycles. The summed E-state index contributed by atoms with van der Waals surface area (Å²) in [6.45, 7) is 3.39. The number of amides is 1. The summed E-state index contributed by atoms with van der Waals surface area (Å²) in [5.74, 6) is 0.600. The summed E-state index contributed by atoms with van der Waals surface area (Å²) in [4.78, 5) is 24.9. The van der Waals surface area contributed by atoms with E-state index in [1.54, 1.807) is 0 Å². The minimum absolute atomic E-state index is 0.0274. The van der Waals surface area contributed by atoms with Gasteiger partial charge < -0.3 is 4.90 Å². The van der Waals surface area contributed by atoms with Crippen LogP contribution in [0.5, 0.6) is 0 Å². The fourth-order valence-electron chi connectivity index (χ4n) is 2.16. The van der Waals surface area contributed by atoms with Gasteiger partial charge in [-0.3, -0.25) is 9.59 Å². The number of hydrogen-bond acceptors (Lipinski definition) is 2. The van der Waals surface area contributed by atoms with Crippen LogP contribution in [-0.2, 0) is 9.59 Å². The maximum absolute atomic E-state index is 12.0. The second-order valence-electron chi connectivity index (χ2n) is 4.46. The first kappa shape index (κ1) is 9.69. The van der Waals surface area contributed by atoms with Crippen LogP contribution in [0.2, 0.25) is 0 Å². The van der Waals surface area contributed by atoms with Gasteiger partial charge in [-0.2, -0.15) is 0 Å². The lowest BCUT2D eigenvalue weighted by atomic mass is 10.00. The molecule has 0 atom stereocenters. The smallest absolute Gasteiger partial charge is 0.228 e. The van der Waals surface area contributed by atoms with Crippen LogP contribution in [0.1, 0.15) is 39.0 Å². The Hall–Kier alpha value is -0.860. The quantitative estimate of drug-likeness (QED) is 0.667. The van der Waals surface area contributed by atoms with Gasteiger partial charge in [-0.1, -0.05) is 6.92 Å². The molecule has 0 N–H and O–H groups in total. The van der Waals surface area contributed by atoms with E-state index in [4.69, 9.17) is 0 Å². The number of carbonyl (C=O) groups excluding carboxylic acids is 2. The molecule has 1 aliphatic carbocycles. The van der Waals surface area contributed by atoms with Crippen LogP contribution in [0, 0.1) is 5.41 Å². The second kappa shape index (κ2) is 3.37. The summed E-state index contributed by atoms with van der Waals surface area (Å²) < 4.78 is 0. The highest BCUT2D eigenvalue weighted by Gasteiger charge is 2.50. The van der Waals surface area contributed by atoms with Crippen LogP contribution in [0.3, 0.4) is 0 Å². The third kappa shape index (κ3) is 1.56. The van der Waals surface area contributed by atoms with E-state index in [1.165, 1.54) is 0 Å². The number of carbonyl (C=O) groups is 2. The maximum Gasteiger partial charge on any atom is 0.228 e. The van der Waals surface area contributed by atoms with Crippen LogP contribution < -0.4 is 0 Å². The molecule has 0 unspecified atom stereocenters. The van der Waals surface area contributed by atoms with Gasteiger partial charge in [0.15, 0.2) is 0 Å². The summed E-state index contributed by atoms with van der Waals surface area (Å²) in [7, 11) is 0. The number of hydrogen-bond donors (Lipinski definition) is 0. The molecule has 1 saturated carbocycles. The monoisotopic (exact) mass is 195 g/mol. The normalized spacial score (nSPS) is 24.9. The Morgan fingerprint density at radius 2 is 1.93 bits per heavy atom. The highest BCUT2D eigenvalue weighted by molar-refractivity contribution is 5.88. The van der Waals surface area contributed by atoms with Crippen molar-refractivity contribution in [2.24, 2.45) is 5.41 Å². The third-order valence-corrected chi connectivity index (χ3v) is 3.59. The lowest BCUT2D eigenvalue weighted by Crippen LogP contribution is -2.42. The van der Waals surface area contributed by atoms with Crippen LogP contribution in [0.4, 0.5) is 0 Å². The van der Waals surface area contributed by atoms with Crippen molar-refractivity contribution in [3.63, 3.8) is 0 Å². The van der Waals surface area contributed by atoms with Gasteiger partial charge in [-0.05, 0) is 19.3 Å². The Bertz CT molecular complexity index is 258. The van der Waals surface area contributed by atoms with E-state index in [9.17, 15) is 9.59 Å². The largest absolute Gasteiger partial charge is 0.341 e. The number of likely N-dealkylation sites (tertiary alicyclic amines) is 1. The Balaban J connectivity index is 1.95. The molecule has 1 aliphatic heterocycles. The SMILES string of the molecule is CCC1(C(=O)N2CCC(=O)CC2)CC1. The first-order valence-corrected chi connectivity index (χ1v) is 5.49. The van der Waals surface area contributed by atoms with Gasteiger partial charge in [0.25, 0.3) is 0 Å². The second-order valence-corrected chi connectivity index (χ2v) is 4.46. The van der Waals surface area contributed by atoms with Crippen molar-refractivity contribution in [3.8, 4) is 0 Å². The number of ketones is 1. The van der Waals surface area contributed by atoms with E-state index in [-0.39, 0.29) is 5.41 Å². The molecule has 0 aromatic heterocycles. The van der Waals surface area contributed by atoms with E-state index >= 15 is 0 Å². The van der Waals surface area contributed by atoms with Gasteiger partial charge in [0.1, 0.15) is 5.78 Å². The van der Waals surface area contributed by atoms with Crippen LogP contribution in [0.25, 0.3) is 0 Å². The lowest BCUT2D eigenvalue weighted by molar-refractivity contribution is -0.139. The minimum atomic E-state index is -0.0274. The predicted molar refractivity (Wildman–Crippen MR) is 52.8 cm³/mol. The number of Topliss-reactive ketones (excluding diaryl/α,β-unsaturated/α-hetero) is 1. The van der Waals surface area contributed by atoms with Crippen molar-refractivity contribution in [1.82, 2.24) is 4.90 Å². The summed E-state index contributed by atoms with van der Waals surface area (Å²) in [5.41, 5.74) is -0.0274. The molecule has 0 spiro atoms. The Morgan fingerprint density at radius 1 is 1.36 bits per heavy atom. The first-order chi connectivity index (χ1) is 6.68. The zero-order chi connectivity index (χ0) is 10.2. The van der Waals surface area contributed by atoms with Crippen molar-refractivity contribution in [1.29, 1.82) is 0 Å². The molecule has 2 aliphatic rings. The maximum atomic E-state index is 12.0. The molecule has 78 valence electrons. The van der Waals surface area contributed by atoms with Gasteiger partial charge in [0.2, 0.25) is 5.91 Å². The third-order valence-electron chi connectivity index (χ3n) is 3.59. The Morgan fingerprint density at radius 3 is 2.36 bits per heavy atom. The molecular formula is C11H17NO2. The predicted octanol–water partition coefficient (Wildman–Crippen LogP) is 1.37. The highest BCUT2D eigenvalue weighted by atomic mass is 16.2. The highest BCUT2D eigenvalue weighted by Crippen LogP contribution is 2.50. The van der Waals surface area contributed by atoms with Gasteiger partial charge in [-0.15, -0.1) is 0 Å². The molecule has 0 aromatic rings. The van der Waals surface area contributed by atoms with E-state index in [0.717, 1.165) is 19.3 Å². The summed E-state index contributed by atoms with van der Waals surface area (Å²) >= 11 is 0. The lowest BCUT2D eigenvalue weighted by Gasteiger charge is -2.29. The van der Waals surface area contributed by atoms with E-state index < -0.39 is 0 Å². The summed E-state index contributed by atoms with van der Waals surface area (Å²) in [6, 6.07) is 0. The van der Waals surface area contributed by atoms with Gasteiger partial charge in [0.05, 0.1) is 0 Å². The van der Waals surface area contributed by atoms with Crippen LogP contribution in [0.15, 0.2) is 0 Å². The van der Waals surface area contributed by atoms with E-state index in [0.29, 0.717) is 37.6 Å². The molecular weight excluding hydrogens is 178 g/mol. The number of piperidine rings is 1. The molecule has 14 heavy (non-hydrogen) atoms. The molecule has 0 bridgehead atoms. The fraction of sp³-hybridized carbons (Fsp3) is 0.818. The minimum Gasteiger partial charge on any atom is -0.341 e. The van der Waals surface area contributed by atoms with E-state index in [2.05, 4.69) is 6.92 Å². The molecule has 1 amide bonds.